The topological polar surface area (TPSA) is 203 Å². The number of carbonyl (C=O) groups excluding carboxylic acids is 1. The van der Waals surface area contributed by atoms with Crippen LogP contribution in [0.4, 0.5) is 0 Å². The summed E-state index contributed by atoms with van der Waals surface area (Å²) < 4.78 is 91.4. The van der Waals surface area contributed by atoms with Crippen LogP contribution in [-0.2, 0) is 64.3 Å². The van der Waals surface area contributed by atoms with Crippen LogP contribution in [0, 0.1) is 0 Å². The molecule has 8 rings (SSSR count). The highest BCUT2D eigenvalue weighted by atomic mass is 32.2. The summed E-state index contributed by atoms with van der Waals surface area (Å²) in [4.78, 5) is 9.77. The van der Waals surface area contributed by atoms with Gasteiger partial charge in [-0.25, -0.2) is 16.8 Å². The molecule has 2 saturated heterocycles. The molecule has 0 saturated carbocycles. The summed E-state index contributed by atoms with van der Waals surface area (Å²) >= 11 is 0. The summed E-state index contributed by atoms with van der Waals surface area (Å²) in [5.41, 5.74) is 2.60. The summed E-state index contributed by atoms with van der Waals surface area (Å²) in [6.45, 7) is 9.37. The monoisotopic (exact) mass is 1000 g/mol. The van der Waals surface area contributed by atoms with Gasteiger partial charge < -0.3 is 33.5 Å². The highest BCUT2D eigenvalue weighted by Crippen LogP contribution is 2.34. The van der Waals surface area contributed by atoms with E-state index in [0.717, 1.165) is 34.4 Å². The molecule has 1 N–H and O–H groups in total. The van der Waals surface area contributed by atoms with Gasteiger partial charge in [-0.15, -0.1) is 0 Å². The predicted molar refractivity (Wildman–Crippen MR) is 261 cm³/mol. The van der Waals surface area contributed by atoms with Crippen LogP contribution in [-0.4, -0.2) is 123 Å². The fraction of sp³-hybridized carbons (Fsp3) is 0.420. The van der Waals surface area contributed by atoms with Gasteiger partial charge in [0.2, 0.25) is 0 Å². The Hall–Kier alpha value is -5.71. The van der Waals surface area contributed by atoms with Crippen molar-refractivity contribution in [3.8, 4) is 17.2 Å². The van der Waals surface area contributed by atoms with Gasteiger partial charge in [-0.2, -0.15) is 18.8 Å². The number of aromatic nitrogens is 4. The third kappa shape index (κ3) is 13.6. The van der Waals surface area contributed by atoms with Crippen molar-refractivity contribution < 1.29 is 55.2 Å². The molecular formula is C50H64N6O12S2. The Kier molecular flexibility index (Phi) is 18.3. The van der Waals surface area contributed by atoms with E-state index in [1.54, 1.807) is 74.3 Å². The molecule has 18 nitrogen and oxygen atoms in total. The molecular weight excluding hydrogens is 941 g/mol. The molecule has 5 aromatic rings. The zero-order valence-electron chi connectivity index (χ0n) is 40.9. The van der Waals surface area contributed by atoms with Gasteiger partial charge in [0.25, 0.3) is 20.0 Å². The Morgan fingerprint density at radius 1 is 0.686 bits per heavy atom. The van der Waals surface area contributed by atoms with E-state index in [0.29, 0.717) is 30.4 Å². The maximum Gasteiger partial charge on any atom is 0.263 e. The Balaban J connectivity index is 0.000000210. The van der Waals surface area contributed by atoms with Gasteiger partial charge in [0.1, 0.15) is 30.5 Å². The normalized spacial score (nSPS) is 16.4. The van der Waals surface area contributed by atoms with E-state index in [2.05, 4.69) is 14.9 Å². The molecule has 2 aromatic heterocycles. The smallest absolute Gasteiger partial charge is 0.263 e. The number of Topliss-reactive ketones (excluding diaryl/α,β-unsaturated/α-hetero) is 1. The fourth-order valence-electron chi connectivity index (χ4n) is 7.27. The van der Waals surface area contributed by atoms with Gasteiger partial charge in [0.15, 0.2) is 21.4 Å². The number of hydrogen-bond donors (Lipinski definition) is 1. The van der Waals surface area contributed by atoms with E-state index >= 15 is 0 Å². The van der Waals surface area contributed by atoms with Gasteiger partial charge in [-0.3, -0.25) is 14.2 Å². The molecule has 4 heterocycles. The highest BCUT2D eigenvalue weighted by molar-refractivity contribution is 7.89. The number of carbonyl (C=O) groups is 1. The van der Waals surface area contributed by atoms with Crippen LogP contribution in [0.5, 0.6) is 17.2 Å². The maximum atomic E-state index is 13.9. The van der Waals surface area contributed by atoms with Gasteiger partial charge in [0.05, 0.1) is 46.3 Å². The van der Waals surface area contributed by atoms with E-state index in [4.69, 9.17) is 23.7 Å². The first-order valence-corrected chi connectivity index (χ1v) is 25.6. The van der Waals surface area contributed by atoms with Crippen LogP contribution in [0.1, 0.15) is 68.6 Å². The number of benzene rings is 3. The van der Waals surface area contributed by atoms with Crippen molar-refractivity contribution in [3.05, 3.63) is 137 Å². The first kappa shape index (κ1) is 53.6. The average Bonchev–Trinajstić information content (AvgIpc) is 4.05. The third-order valence-electron chi connectivity index (χ3n) is 11.6. The van der Waals surface area contributed by atoms with Crippen molar-refractivity contribution in [2.24, 2.45) is 0 Å². The number of hydrogen-bond acceptors (Lipinski definition) is 14. The first-order valence-electron chi connectivity index (χ1n) is 22.7. The maximum absolute atomic E-state index is 13.9. The molecule has 378 valence electrons. The molecule has 20 heteroatoms. The lowest BCUT2D eigenvalue weighted by molar-refractivity contribution is -0.189. The number of rotatable bonds is 19. The predicted octanol–water partition coefficient (Wildman–Crippen LogP) is 6.24. The van der Waals surface area contributed by atoms with E-state index in [9.17, 15) is 26.7 Å². The van der Waals surface area contributed by atoms with Crippen LogP contribution in [0.25, 0.3) is 0 Å². The van der Waals surface area contributed by atoms with Crippen LogP contribution in [0.15, 0.2) is 125 Å². The van der Waals surface area contributed by atoms with Crippen molar-refractivity contribution in [1.82, 2.24) is 28.2 Å². The second-order valence-electron chi connectivity index (χ2n) is 17.4. The molecule has 2 aliphatic heterocycles. The minimum atomic E-state index is -4.02. The third-order valence-corrected chi connectivity index (χ3v) is 14.9. The largest absolute Gasteiger partial charge is 0.497 e. The van der Waals surface area contributed by atoms with Crippen molar-refractivity contribution in [2.45, 2.75) is 87.6 Å². The van der Waals surface area contributed by atoms with Crippen molar-refractivity contribution >= 4 is 25.8 Å². The number of nitrogens with zero attached hydrogens (tertiary/aromatic N) is 6. The molecule has 3 aromatic carbocycles. The second kappa shape index (κ2) is 23.9. The molecule has 1 atom stereocenters. The molecule has 0 amide bonds. The molecule has 0 radical (unpaired) electrons. The van der Waals surface area contributed by atoms with Crippen molar-refractivity contribution in [2.75, 3.05) is 61.4 Å². The SMILES string of the molecule is COc1ccc(CN(CC2=CCC(OC)C=C2)S(=O)(=O)c2ccn(C(C)C)n2)cc1.COc1ccc(CN(Cc2ccc(OC)cc2)S(=O)(=O)c2cc(C3(O)COC3)n(C(C)C)n2)cc1.O=C1COC1. The first-order chi connectivity index (χ1) is 33.4. The molecule has 0 spiro atoms. The summed E-state index contributed by atoms with van der Waals surface area (Å²) in [6.07, 6.45) is 8.37. The molecule has 70 heavy (non-hydrogen) atoms. The summed E-state index contributed by atoms with van der Waals surface area (Å²) in [6, 6.07) is 24.9. The molecule has 2 fully saturated rings. The number of ether oxygens (including phenoxy) is 6. The molecule has 1 unspecified atom stereocenters. The Morgan fingerprint density at radius 3 is 1.50 bits per heavy atom. The number of ketones is 1. The zero-order chi connectivity index (χ0) is 50.6. The van der Waals surface area contributed by atoms with E-state index in [1.165, 1.54) is 14.7 Å². The Bertz CT molecular complexity index is 2730. The summed E-state index contributed by atoms with van der Waals surface area (Å²) in [7, 11) is -1.37. The number of methoxy groups -OCH3 is 4. The van der Waals surface area contributed by atoms with Crippen LogP contribution >= 0.6 is 0 Å². The number of aliphatic hydroxyl groups is 1. The highest BCUT2D eigenvalue weighted by Gasteiger charge is 2.43. The minimum Gasteiger partial charge on any atom is -0.497 e. The minimum absolute atomic E-state index is 0.0298. The summed E-state index contributed by atoms with van der Waals surface area (Å²) in [5.74, 6) is 2.32. The Labute approximate surface area is 411 Å². The van der Waals surface area contributed by atoms with Gasteiger partial charge in [-0.05, 0) is 98.8 Å². The van der Waals surface area contributed by atoms with Crippen LogP contribution in [0.2, 0.25) is 0 Å². The van der Waals surface area contributed by atoms with Gasteiger partial charge in [0, 0.05) is 57.6 Å². The van der Waals surface area contributed by atoms with Crippen molar-refractivity contribution in [1.29, 1.82) is 0 Å². The standard InChI is InChI=1S/C25H31N3O6S.C22H29N3O4S.C3H4O2/c1-18(2)28-23(25(29)16-34-17-25)13-24(26-28)35(30,31)27(14-19-5-9-21(32-3)10-6-19)15-20-7-11-22(33-4)12-8-20;1-17(2)25-14-13-22(23-25)30(26,27)24(15-18-5-9-20(28-3)10-6-18)16-19-7-11-21(29-4)12-8-19;4-3-1-5-2-3/h5-13,18,29H,14-17H2,1-4H3;5-11,13-14,17,21H,12,15-16H2,1-4H3;1-2H2. The molecule has 3 aliphatic rings. The zero-order valence-corrected chi connectivity index (χ0v) is 42.6. The lowest BCUT2D eigenvalue weighted by Crippen LogP contribution is -2.48. The lowest BCUT2D eigenvalue weighted by atomic mass is 9.97. The van der Waals surface area contributed by atoms with E-state index in [1.807, 2.05) is 94.5 Å². The average molecular weight is 1010 g/mol. The second-order valence-corrected chi connectivity index (χ2v) is 21.2. The quantitative estimate of drug-likeness (QED) is 0.0974. The van der Waals surface area contributed by atoms with E-state index < -0.39 is 25.6 Å². The van der Waals surface area contributed by atoms with E-state index in [-0.39, 0.29) is 73.4 Å². The van der Waals surface area contributed by atoms with Gasteiger partial charge in [-0.1, -0.05) is 54.6 Å². The van der Waals surface area contributed by atoms with Gasteiger partial charge >= 0.3 is 0 Å². The summed E-state index contributed by atoms with van der Waals surface area (Å²) in [5, 5.41) is 19.5. The van der Waals surface area contributed by atoms with Crippen LogP contribution < -0.4 is 14.2 Å². The van der Waals surface area contributed by atoms with Crippen LogP contribution in [0.3, 0.4) is 0 Å². The Morgan fingerprint density at radius 2 is 1.16 bits per heavy atom. The lowest BCUT2D eigenvalue weighted by Gasteiger charge is -2.36. The number of sulfonamides is 2. The molecule has 0 bridgehead atoms. The van der Waals surface area contributed by atoms with Crippen molar-refractivity contribution in [3.63, 3.8) is 0 Å². The fourth-order valence-corrected chi connectivity index (χ4v) is 9.96. The molecule has 1 aliphatic carbocycles.